The number of carbonyl (C=O) groups is 2. The second kappa shape index (κ2) is 7.82. The van der Waals surface area contributed by atoms with Gasteiger partial charge < -0.3 is 24.4 Å². The van der Waals surface area contributed by atoms with Crippen LogP contribution in [0.1, 0.15) is 0 Å². The molecule has 1 N–H and O–H groups in total. The minimum absolute atomic E-state index is 0.0419. The maximum Gasteiger partial charge on any atom is 0.331 e. The fourth-order valence-electron chi connectivity index (χ4n) is 2.76. The Kier molecular flexibility index (Phi) is 5.30. The smallest absolute Gasteiger partial charge is 0.331 e. The number of amides is 1. The van der Waals surface area contributed by atoms with Crippen molar-refractivity contribution in [1.82, 2.24) is 0 Å². The molecule has 0 saturated heterocycles. The van der Waals surface area contributed by atoms with Crippen molar-refractivity contribution in [1.29, 1.82) is 0 Å². The number of esters is 1. The summed E-state index contributed by atoms with van der Waals surface area (Å²) in [5, 5.41) is 13.6. The topological polar surface area (TPSA) is 120 Å². The Morgan fingerprint density at radius 1 is 1.25 bits per heavy atom. The first-order valence-electron chi connectivity index (χ1n) is 8.17. The van der Waals surface area contributed by atoms with Crippen molar-refractivity contribution < 1.29 is 28.7 Å². The third-order valence-electron chi connectivity index (χ3n) is 4.06. The predicted molar refractivity (Wildman–Crippen MR) is 99.1 cm³/mol. The molecule has 10 nitrogen and oxygen atoms in total. The van der Waals surface area contributed by atoms with Crippen molar-refractivity contribution in [3.8, 4) is 17.2 Å². The fourth-order valence-corrected chi connectivity index (χ4v) is 2.76. The van der Waals surface area contributed by atoms with Crippen LogP contribution in [0.25, 0.3) is 0 Å². The molecule has 2 aromatic carbocycles. The van der Waals surface area contributed by atoms with Crippen molar-refractivity contribution in [3.05, 3.63) is 46.5 Å². The molecular formula is C18H17N3O7. The van der Waals surface area contributed by atoms with E-state index in [0.29, 0.717) is 22.9 Å². The summed E-state index contributed by atoms with van der Waals surface area (Å²) in [4.78, 5) is 36.1. The van der Waals surface area contributed by atoms with E-state index < -0.39 is 16.8 Å². The molecule has 0 radical (unpaired) electrons. The number of hydrogen-bond donors (Lipinski definition) is 1. The number of nitrogens with one attached hydrogen (secondary N) is 1. The van der Waals surface area contributed by atoms with Crippen LogP contribution in [0.3, 0.4) is 0 Å². The fraction of sp³-hybridized carbons (Fsp3) is 0.222. The molecule has 0 bridgehead atoms. The summed E-state index contributed by atoms with van der Waals surface area (Å²) in [6.45, 7) is -0.312. The lowest BCUT2D eigenvalue weighted by atomic mass is 10.2. The molecule has 28 heavy (non-hydrogen) atoms. The summed E-state index contributed by atoms with van der Waals surface area (Å²) in [6, 6.07) is 8.82. The van der Waals surface area contributed by atoms with Crippen LogP contribution in [0, 0.1) is 10.1 Å². The van der Waals surface area contributed by atoms with Gasteiger partial charge in [-0.2, -0.15) is 0 Å². The molecule has 3 rings (SSSR count). The van der Waals surface area contributed by atoms with Crippen LogP contribution < -0.4 is 24.4 Å². The summed E-state index contributed by atoms with van der Waals surface area (Å²) < 4.78 is 15.4. The third kappa shape index (κ3) is 3.95. The SMILES string of the molecule is COc1ccc(NC(=O)CN2CC(=O)Oc3cc([N+](=O)[O-])ccc32)c(OC)c1. The molecule has 2 aromatic rings. The van der Waals surface area contributed by atoms with Gasteiger partial charge in [-0.15, -0.1) is 0 Å². The lowest BCUT2D eigenvalue weighted by Gasteiger charge is -2.29. The lowest BCUT2D eigenvalue weighted by molar-refractivity contribution is -0.384. The number of fused-ring (bicyclic) bond motifs is 1. The molecule has 1 heterocycles. The van der Waals surface area contributed by atoms with Gasteiger partial charge in [-0.1, -0.05) is 0 Å². The van der Waals surface area contributed by atoms with Gasteiger partial charge in [-0.05, 0) is 18.2 Å². The number of methoxy groups -OCH3 is 2. The third-order valence-corrected chi connectivity index (χ3v) is 4.06. The van der Waals surface area contributed by atoms with Crippen molar-refractivity contribution in [2.75, 3.05) is 37.5 Å². The Morgan fingerprint density at radius 3 is 2.71 bits per heavy atom. The van der Waals surface area contributed by atoms with Crippen LogP contribution in [-0.4, -0.2) is 44.1 Å². The number of anilines is 2. The zero-order valence-electron chi connectivity index (χ0n) is 15.1. The number of benzene rings is 2. The van der Waals surface area contributed by atoms with Crippen molar-refractivity contribution in [2.24, 2.45) is 0 Å². The van der Waals surface area contributed by atoms with Gasteiger partial charge in [0.1, 0.15) is 18.0 Å². The van der Waals surface area contributed by atoms with E-state index in [0.717, 1.165) is 6.07 Å². The first kappa shape index (κ1) is 19.0. The molecule has 0 aliphatic carbocycles. The van der Waals surface area contributed by atoms with E-state index in [-0.39, 0.29) is 24.5 Å². The standard InChI is InChI=1S/C18H17N3O7/c1-26-12-4-5-13(15(8-12)27-2)19-17(22)9-20-10-18(23)28-16-7-11(21(24)25)3-6-14(16)20/h3-8H,9-10H2,1-2H3,(H,19,22). The van der Waals surface area contributed by atoms with Crippen LogP contribution >= 0.6 is 0 Å². The quantitative estimate of drug-likeness (QED) is 0.346. The summed E-state index contributed by atoms with van der Waals surface area (Å²) in [5.41, 5.74) is 0.652. The largest absolute Gasteiger partial charge is 0.497 e. The van der Waals surface area contributed by atoms with E-state index in [9.17, 15) is 19.7 Å². The number of non-ortho nitro benzene ring substituents is 1. The highest BCUT2D eigenvalue weighted by Crippen LogP contribution is 2.35. The van der Waals surface area contributed by atoms with Gasteiger partial charge in [0.05, 0.1) is 43.1 Å². The molecular weight excluding hydrogens is 370 g/mol. The summed E-state index contributed by atoms with van der Waals surface area (Å²) in [6.07, 6.45) is 0. The maximum atomic E-state index is 12.5. The van der Waals surface area contributed by atoms with Crippen LogP contribution in [0.2, 0.25) is 0 Å². The zero-order valence-corrected chi connectivity index (χ0v) is 15.1. The second-order valence-electron chi connectivity index (χ2n) is 5.85. The number of nitrogens with zero attached hydrogens (tertiary/aromatic N) is 2. The molecule has 1 aliphatic rings. The number of rotatable bonds is 6. The molecule has 1 amide bonds. The molecule has 0 fully saturated rings. The average molecular weight is 387 g/mol. The van der Waals surface area contributed by atoms with Crippen molar-refractivity contribution >= 4 is 28.9 Å². The van der Waals surface area contributed by atoms with Gasteiger partial charge in [0.25, 0.3) is 5.69 Å². The highest BCUT2D eigenvalue weighted by Gasteiger charge is 2.27. The zero-order chi connectivity index (χ0) is 20.3. The number of nitro benzene ring substituents is 1. The Hall–Kier alpha value is -3.82. The minimum Gasteiger partial charge on any atom is -0.497 e. The first-order chi connectivity index (χ1) is 13.4. The van der Waals surface area contributed by atoms with E-state index >= 15 is 0 Å². The van der Waals surface area contributed by atoms with Crippen molar-refractivity contribution in [2.45, 2.75) is 0 Å². The summed E-state index contributed by atoms with van der Waals surface area (Å²) >= 11 is 0. The van der Waals surface area contributed by atoms with Gasteiger partial charge in [0.2, 0.25) is 5.91 Å². The Bertz CT molecular complexity index is 945. The lowest BCUT2D eigenvalue weighted by Crippen LogP contribution is -2.41. The van der Waals surface area contributed by atoms with E-state index in [1.165, 1.54) is 31.3 Å². The number of nitro groups is 1. The Morgan fingerprint density at radius 2 is 2.04 bits per heavy atom. The maximum absolute atomic E-state index is 12.5. The van der Waals surface area contributed by atoms with Gasteiger partial charge in [0, 0.05) is 12.1 Å². The molecule has 146 valence electrons. The summed E-state index contributed by atoms with van der Waals surface area (Å²) in [5.74, 6) is 0.0245. The summed E-state index contributed by atoms with van der Waals surface area (Å²) in [7, 11) is 2.98. The molecule has 0 unspecified atom stereocenters. The monoisotopic (exact) mass is 387 g/mol. The molecule has 0 saturated carbocycles. The first-order valence-corrected chi connectivity index (χ1v) is 8.17. The van der Waals surface area contributed by atoms with E-state index in [1.54, 1.807) is 18.2 Å². The van der Waals surface area contributed by atoms with Crippen LogP contribution in [0.15, 0.2) is 36.4 Å². The molecule has 10 heteroatoms. The molecule has 1 aliphatic heterocycles. The predicted octanol–water partition coefficient (Wildman–Crippen LogP) is 1.98. The van der Waals surface area contributed by atoms with Gasteiger partial charge in [0.15, 0.2) is 5.75 Å². The van der Waals surface area contributed by atoms with E-state index in [4.69, 9.17) is 14.2 Å². The van der Waals surface area contributed by atoms with E-state index in [1.807, 2.05) is 0 Å². The van der Waals surface area contributed by atoms with E-state index in [2.05, 4.69) is 5.32 Å². The molecule has 0 atom stereocenters. The molecule has 0 aromatic heterocycles. The number of carbonyl (C=O) groups excluding carboxylic acids is 2. The second-order valence-corrected chi connectivity index (χ2v) is 5.85. The number of ether oxygens (including phenoxy) is 3. The van der Waals surface area contributed by atoms with Gasteiger partial charge >= 0.3 is 5.97 Å². The van der Waals surface area contributed by atoms with Gasteiger partial charge in [-0.25, -0.2) is 4.79 Å². The highest BCUT2D eigenvalue weighted by atomic mass is 16.6. The van der Waals surface area contributed by atoms with Crippen LogP contribution in [-0.2, 0) is 9.59 Å². The van der Waals surface area contributed by atoms with Gasteiger partial charge in [-0.3, -0.25) is 14.9 Å². The Balaban J connectivity index is 1.78. The normalized spacial score (nSPS) is 12.6. The number of hydrogen-bond acceptors (Lipinski definition) is 8. The highest BCUT2D eigenvalue weighted by molar-refractivity contribution is 5.97. The van der Waals surface area contributed by atoms with Crippen molar-refractivity contribution in [3.63, 3.8) is 0 Å². The molecule has 0 spiro atoms. The Labute approximate surface area is 159 Å². The minimum atomic E-state index is -0.608. The average Bonchev–Trinajstić information content (AvgIpc) is 2.67. The van der Waals surface area contributed by atoms with Crippen LogP contribution in [0.5, 0.6) is 17.2 Å². The van der Waals surface area contributed by atoms with Crippen LogP contribution in [0.4, 0.5) is 17.1 Å².